The minimum absolute atomic E-state index is 0.115. The molecule has 39 heavy (non-hydrogen) atoms. The van der Waals surface area contributed by atoms with E-state index in [2.05, 4.69) is 15.6 Å². The first-order valence-corrected chi connectivity index (χ1v) is 14.2. The fraction of sp³-hybridized carbons (Fsp3) is 0.517. The van der Waals surface area contributed by atoms with E-state index in [-0.39, 0.29) is 43.5 Å². The number of carbonyl (C=O) groups is 5. The lowest BCUT2D eigenvalue weighted by molar-refractivity contribution is -0.149. The van der Waals surface area contributed by atoms with Gasteiger partial charge in [-0.1, -0.05) is 58.0 Å². The number of carbonyl (C=O) groups excluding carboxylic acids is 5. The lowest BCUT2D eigenvalue weighted by Crippen LogP contribution is -2.49. The van der Waals surface area contributed by atoms with Crippen LogP contribution < -0.4 is 10.6 Å². The number of amides is 2. The molecule has 3 unspecified atom stereocenters. The van der Waals surface area contributed by atoms with Crippen molar-refractivity contribution in [1.29, 1.82) is 0 Å². The van der Waals surface area contributed by atoms with E-state index in [4.69, 9.17) is 4.74 Å². The van der Waals surface area contributed by atoms with Gasteiger partial charge in [0.15, 0.2) is 5.78 Å². The van der Waals surface area contributed by atoms with Crippen LogP contribution in [0.15, 0.2) is 35.8 Å². The third-order valence-electron chi connectivity index (χ3n) is 6.93. The Morgan fingerprint density at radius 2 is 1.82 bits per heavy atom. The number of benzene rings is 1. The molecule has 1 aliphatic heterocycles. The van der Waals surface area contributed by atoms with Gasteiger partial charge in [-0.2, -0.15) is 0 Å². The Hall–Kier alpha value is -3.40. The number of rotatable bonds is 11. The topological polar surface area (TPSA) is 132 Å². The third-order valence-corrected chi connectivity index (χ3v) is 7.83. The van der Waals surface area contributed by atoms with Crippen LogP contribution in [0.25, 0.3) is 0 Å². The number of aromatic nitrogens is 1. The predicted octanol–water partition coefficient (Wildman–Crippen LogP) is 3.05. The van der Waals surface area contributed by atoms with E-state index in [1.165, 1.54) is 11.3 Å². The van der Waals surface area contributed by atoms with Crippen molar-refractivity contribution in [2.75, 3.05) is 6.54 Å². The highest BCUT2D eigenvalue weighted by Gasteiger charge is 2.35. The molecule has 9 nitrogen and oxygen atoms in total. The van der Waals surface area contributed by atoms with E-state index in [1.807, 2.05) is 44.2 Å². The van der Waals surface area contributed by atoms with Crippen LogP contribution in [0.2, 0.25) is 0 Å². The van der Waals surface area contributed by atoms with Gasteiger partial charge in [0, 0.05) is 30.2 Å². The zero-order valence-corrected chi connectivity index (χ0v) is 23.7. The molecular weight excluding hydrogens is 518 g/mol. The molecule has 10 heteroatoms. The van der Waals surface area contributed by atoms with Gasteiger partial charge in [0.1, 0.15) is 6.61 Å². The molecule has 0 saturated heterocycles. The van der Waals surface area contributed by atoms with E-state index >= 15 is 0 Å². The molecule has 2 heterocycles. The van der Waals surface area contributed by atoms with Crippen molar-refractivity contribution in [1.82, 2.24) is 15.6 Å². The summed E-state index contributed by atoms with van der Waals surface area (Å²) in [5.41, 5.74) is 3.37. The molecule has 210 valence electrons. The Labute approximate surface area is 233 Å². The summed E-state index contributed by atoms with van der Waals surface area (Å²) in [6.45, 7) is 7.70. The molecule has 0 radical (unpaired) electrons. The van der Waals surface area contributed by atoms with Crippen LogP contribution in [0.4, 0.5) is 0 Å². The number of ketones is 2. The van der Waals surface area contributed by atoms with Crippen molar-refractivity contribution in [3.05, 3.63) is 52.0 Å². The highest BCUT2D eigenvalue weighted by atomic mass is 32.1. The molecule has 1 aromatic carbocycles. The zero-order chi connectivity index (χ0) is 28.5. The first-order valence-electron chi connectivity index (χ1n) is 13.3. The Morgan fingerprint density at radius 1 is 1.10 bits per heavy atom. The lowest BCUT2D eigenvalue weighted by atomic mass is 9.86. The zero-order valence-electron chi connectivity index (χ0n) is 22.9. The molecule has 0 saturated carbocycles. The highest BCUT2D eigenvalue weighted by Crippen LogP contribution is 2.24. The van der Waals surface area contributed by atoms with Crippen LogP contribution in [-0.4, -0.2) is 46.9 Å². The average molecular weight is 556 g/mol. The summed E-state index contributed by atoms with van der Waals surface area (Å²) in [6.07, 6.45) is 0.467. The standard InChI is InChI=1S/C29H37N3O6S/c1-17(2)21(14-25(34)38-15-19-8-6-5-7-9-19)28(36)32-26(18(3)4)23(33)12-20-13-24-22(31-16-39-24)10-11-30-29(37)27(20)35/h5-9,16-18,20-21,26H,10-15H2,1-4H3,(H,30,37)(H,32,36). The summed E-state index contributed by atoms with van der Waals surface area (Å²) >= 11 is 1.40. The Kier molecular flexibility index (Phi) is 10.9. The number of fused-ring (bicyclic) bond motifs is 1. The second kappa shape index (κ2) is 14.1. The fourth-order valence-corrected chi connectivity index (χ4v) is 5.46. The number of thiazole rings is 1. The molecule has 0 fully saturated rings. The minimum Gasteiger partial charge on any atom is -0.461 e. The maximum Gasteiger partial charge on any atom is 0.306 e. The normalized spacial score (nSPS) is 17.3. The molecule has 3 atom stereocenters. The van der Waals surface area contributed by atoms with E-state index < -0.39 is 41.4 Å². The third kappa shape index (κ3) is 8.54. The molecular formula is C29H37N3O6S. The molecule has 0 bridgehead atoms. The van der Waals surface area contributed by atoms with Gasteiger partial charge < -0.3 is 15.4 Å². The number of hydrogen-bond donors (Lipinski definition) is 2. The van der Waals surface area contributed by atoms with Gasteiger partial charge in [-0.15, -0.1) is 11.3 Å². The van der Waals surface area contributed by atoms with E-state index in [9.17, 15) is 24.0 Å². The maximum atomic E-state index is 13.4. The first-order chi connectivity index (χ1) is 18.6. The summed E-state index contributed by atoms with van der Waals surface area (Å²) in [5.74, 6) is -4.58. The van der Waals surface area contributed by atoms with Gasteiger partial charge in [0.25, 0.3) is 5.91 Å². The monoisotopic (exact) mass is 555 g/mol. The predicted molar refractivity (Wildman–Crippen MR) is 147 cm³/mol. The molecule has 1 aromatic heterocycles. The van der Waals surface area contributed by atoms with Gasteiger partial charge >= 0.3 is 5.97 Å². The molecule has 0 spiro atoms. The van der Waals surface area contributed by atoms with Crippen LogP contribution in [0.1, 0.15) is 56.7 Å². The quantitative estimate of drug-likeness (QED) is 0.322. The van der Waals surface area contributed by atoms with Crippen molar-refractivity contribution in [2.24, 2.45) is 23.7 Å². The van der Waals surface area contributed by atoms with Gasteiger partial charge in [0.05, 0.1) is 29.6 Å². The molecule has 0 aliphatic carbocycles. The summed E-state index contributed by atoms with van der Waals surface area (Å²) in [6, 6.07) is 8.40. The van der Waals surface area contributed by atoms with Crippen molar-refractivity contribution in [3.63, 3.8) is 0 Å². The number of esters is 1. The van der Waals surface area contributed by atoms with Crippen LogP contribution in [0, 0.1) is 23.7 Å². The van der Waals surface area contributed by atoms with Crippen molar-refractivity contribution in [3.8, 4) is 0 Å². The largest absolute Gasteiger partial charge is 0.461 e. The first kappa shape index (κ1) is 30.1. The lowest BCUT2D eigenvalue weighted by Gasteiger charge is -2.27. The molecule has 2 N–H and O–H groups in total. The van der Waals surface area contributed by atoms with Crippen LogP contribution in [0.3, 0.4) is 0 Å². The molecule has 3 rings (SSSR count). The average Bonchev–Trinajstić information content (AvgIpc) is 3.35. The summed E-state index contributed by atoms with van der Waals surface area (Å²) < 4.78 is 5.37. The number of Topliss-reactive ketones (excluding diaryl/α,β-unsaturated/α-hetero) is 2. The Morgan fingerprint density at radius 3 is 2.49 bits per heavy atom. The van der Waals surface area contributed by atoms with Gasteiger partial charge in [-0.25, -0.2) is 4.98 Å². The smallest absolute Gasteiger partial charge is 0.306 e. The van der Waals surface area contributed by atoms with Crippen LogP contribution in [0.5, 0.6) is 0 Å². The van der Waals surface area contributed by atoms with Crippen molar-refractivity contribution in [2.45, 2.75) is 66.0 Å². The number of nitrogens with zero attached hydrogens (tertiary/aromatic N) is 1. The SMILES string of the molecule is CC(C)C(CC(=O)OCc1ccccc1)C(=O)NC(C(=O)CC1Cc2scnc2CCNC(=O)C1=O)C(C)C. The summed E-state index contributed by atoms with van der Waals surface area (Å²) in [7, 11) is 0. The molecule has 2 aromatic rings. The Balaban J connectivity index is 1.67. The highest BCUT2D eigenvalue weighted by molar-refractivity contribution is 7.09. The van der Waals surface area contributed by atoms with Crippen molar-refractivity contribution >= 4 is 40.7 Å². The molecule has 2 amide bonds. The molecule has 1 aliphatic rings. The van der Waals surface area contributed by atoms with E-state index in [0.717, 1.165) is 16.1 Å². The van der Waals surface area contributed by atoms with Gasteiger partial charge in [0.2, 0.25) is 11.7 Å². The van der Waals surface area contributed by atoms with Crippen molar-refractivity contribution < 1.29 is 28.7 Å². The maximum absolute atomic E-state index is 13.4. The second-order valence-corrected chi connectivity index (χ2v) is 11.5. The van der Waals surface area contributed by atoms with Crippen LogP contribution >= 0.6 is 11.3 Å². The number of hydrogen-bond acceptors (Lipinski definition) is 8. The minimum atomic E-state index is -0.872. The second-order valence-electron chi connectivity index (χ2n) is 10.6. The Bertz CT molecular complexity index is 1180. The fourth-order valence-electron chi connectivity index (χ4n) is 4.57. The van der Waals surface area contributed by atoms with Gasteiger partial charge in [-0.3, -0.25) is 24.0 Å². The number of nitrogens with one attached hydrogen (secondary N) is 2. The summed E-state index contributed by atoms with van der Waals surface area (Å²) in [5, 5.41) is 5.44. The van der Waals surface area contributed by atoms with Crippen LogP contribution in [-0.2, 0) is 48.2 Å². The van der Waals surface area contributed by atoms with E-state index in [0.29, 0.717) is 13.0 Å². The summed E-state index contributed by atoms with van der Waals surface area (Å²) in [4.78, 5) is 69.8. The van der Waals surface area contributed by atoms with Gasteiger partial charge in [-0.05, 0) is 23.8 Å². The van der Waals surface area contributed by atoms with E-state index in [1.54, 1.807) is 19.4 Å². The number of ether oxygens (including phenoxy) is 1.